The molecule has 0 spiro atoms. The molecule has 6 heteroatoms. The number of nitrogens with one attached hydrogen (secondary N) is 2. The van der Waals surface area contributed by atoms with E-state index < -0.39 is 28.9 Å². The van der Waals surface area contributed by atoms with Gasteiger partial charge in [-0.2, -0.15) is 0 Å². The third-order valence-corrected chi connectivity index (χ3v) is 3.79. The highest BCUT2D eigenvalue weighted by Crippen LogP contribution is 2.20. The van der Waals surface area contributed by atoms with Crippen molar-refractivity contribution in [3.63, 3.8) is 0 Å². The minimum absolute atomic E-state index is 0.101. The first kappa shape index (κ1) is 15.8. The topological polar surface area (TPSA) is 41.1 Å². The summed E-state index contributed by atoms with van der Waals surface area (Å²) in [4.78, 5) is 11.9. The van der Waals surface area contributed by atoms with Gasteiger partial charge >= 0.3 is 0 Å². The minimum Gasteiger partial charge on any atom is -0.349 e. The van der Waals surface area contributed by atoms with Crippen LogP contribution in [0.4, 0.5) is 13.2 Å². The highest BCUT2D eigenvalue weighted by molar-refractivity contribution is 5.94. The Morgan fingerprint density at radius 3 is 2.14 bits per heavy atom. The fourth-order valence-corrected chi connectivity index (χ4v) is 2.75. The lowest BCUT2D eigenvalue weighted by atomic mass is 9.91. The van der Waals surface area contributed by atoms with E-state index in [4.69, 9.17) is 0 Å². The zero-order valence-electron chi connectivity index (χ0n) is 11.9. The molecule has 21 heavy (non-hydrogen) atoms. The minimum atomic E-state index is -1.17. The maximum atomic E-state index is 13.5. The van der Waals surface area contributed by atoms with E-state index in [9.17, 15) is 18.0 Å². The van der Waals surface area contributed by atoms with Gasteiger partial charge in [-0.15, -0.1) is 0 Å². The van der Waals surface area contributed by atoms with Gasteiger partial charge in [-0.25, -0.2) is 13.2 Å². The van der Waals surface area contributed by atoms with Crippen LogP contribution >= 0.6 is 0 Å². The van der Waals surface area contributed by atoms with Gasteiger partial charge in [0.05, 0.1) is 0 Å². The molecular weight excluding hydrogens is 281 g/mol. The number of amides is 1. The number of hydrogen-bond acceptors (Lipinski definition) is 2. The van der Waals surface area contributed by atoms with Crippen molar-refractivity contribution >= 4 is 5.91 Å². The average Bonchev–Trinajstić information content (AvgIpc) is 2.40. The summed E-state index contributed by atoms with van der Waals surface area (Å²) in [6.07, 6.45) is 3.34. The molecule has 0 heterocycles. The monoisotopic (exact) mass is 300 g/mol. The summed E-state index contributed by atoms with van der Waals surface area (Å²) in [5.41, 5.74) is -0.717. The van der Waals surface area contributed by atoms with E-state index in [1.807, 2.05) is 6.92 Å². The summed E-state index contributed by atoms with van der Waals surface area (Å²) in [7, 11) is 0. The third-order valence-electron chi connectivity index (χ3n) is 3.79. The van der Waals surface area contributed by atoms with E-state index in [0.29, 0.717) is 18.2 Å². The molecule has 0 bridgehead atoms. The van der Waals surface area contributed by atoms with Gasteiger partial charge in [0, 0.05) is 24.2 Å². The number of halogens is 3. The van der Waals surface area contributed by atoms with Crippen molar-refractivity contribution in [3.8, 4) is 0 Å². The summed E-state index contributed by atoms with van der Waals surface area (Å²) >= 11 is 0. The molecule has 1 amide bonds. The number of carbonyl (C=O) groups excluding carboxylic acids is 1. The highest BCUT2D eigenvalue weighted by atomic mass is 19.1. The lowest BCUT2D eigenvalue weighted by molar-refractivity contribution is 0.0915. The number of carbonyl (C=O) groups is 1. The van der Waals surface area contributed by atoms with Crippen LogP contribution in [-0.4, -0.2) is 24.5 Å². The second kappa shape index (κ2) is 6.93. The van der Waals surface area contributed by atoms with E-state index in [2.05, 4.69) is 10.6 Å². The Bertz CT molecular complexity index is 491. The Morgan fingerprint density at radius 2 is 1.62 bits per heavy atom. The Morgan fingerprint density at radius 1 is 1.10 bits per heavy atom. The molecule has 2 N–H and O–H groups in total. The number of hydrogen-bond donors (Lipinski definition) is 2. The van der Waals surface area contributed by atoms with Crippen molar-refractivity contribution < 1.29 is 18.0 Å². The fraction of sp³-hybridized carbons (Fsp3) is 0.533. The van der Waals surface area contributed by atoms with Gasteiger partial charge in [0.15, 0.2) is 0 Å². The first-order chi connectivity index (χ1) is 10.0. The van der Waals surface area contributed by atoms with Gasteiger partial charge in [-0.3, -0.25) is 4.79 Å². The summed E-state index contributed by atoms with van der Waals surface area (Å²) in [6.45, 7) is 2.93. The standard InChI is InChI=1S/C15H19F3N2O/c1-2-19-10-3-5-11(6-4-10)20-15(21)14-12(17)7-9(16)8-13(14)18/h7-8,10-11,19H,2-6H2,1H3,(H,20,21). The molecule has 116 valence electrons. The van der Waals surface area contributed by atoms with Crippen LogP contribution in [0.5, 0.6) is 0 Å². The molecule has 1 fully saturated rings. The number of benzene rings is 1. The Balaban J connectivity index is 1.97. The second-order valence-corrected chi connectivity index (χ2v) is 5.32. The van der Waals surface area contributed by atoms with Crippen LogP contribution in [-0.2, 0) is 0 Å². The predicted octanol–water partition coefficient (Wildman–Crippen LogP) is 2.75. The van der Waals surface area contributed by atoms with Crippen molar-refractivity contribution in [3.05, 3.63) is 35.1 Å². The Labute approximate surface area is 121 Å². The maximum Gasteiger partial charge on any atom is 0.257 e. The van der Waals surface area contributed by atoms with Crippen LogP contribution in [0.2, 0.25) is 0 Å². The van der Waals surface area contributed by atoms with Crippen molar-refractivity contribution in [1.29, 1.82) is 0 Å². The van der Waals surface area contributed by atoms with Crippen LogP contribution in [0.3, 0.4) is 0 Å². The summed E-state index contributed by atoms with van der Waals surface area (Å²) in [5.74, 6) is -4.21. The molecule has 1 aliphatic rings. The quantitative estimate of drug-likeness (QED) is 0.898. The molecule has 1 aromatic carbocycles. The van der Waals surface area contributed by atoms with Crippen LogP contribution in [0.25, 0.3) is 0 Å². The van der Waals surface area contributed by atoms with E-state index in [1.165, 1.54) is 0 Å². The van der Waals surface area contributed by atoms with E-state index in [0.717, 1.165) is 32.2 Å². The van der Waals surface area contributed by atoms with Gasteiger partial charge < -0.3 is 10.6 Å². The third kappa shape index (κ3) is 3.97. The van der Waals surface area contributed by atoms with Gasteiger partial charge in [0.25, 0.3) is 5.91 Å². The van der Waals surface area contributed by atoms with Gasteiger partial charge in [-0.1, -0.05) is 6.92 Å². The average molecular weight is 300 g/mol. The SMILES string of the molecule is CCNC1CCC(NC(=O)c2c(F)cc(F)cc2F)CC1. The molecule has 0 aliphatic heterocycles. The summed E-state index contributed by atoms with van der Waals surface area (Å²) < 4.78 is 39.9. The first-order valence-corrected chi connectivity index (χ1v) is 7.20. The van der Waals surface area contributed by atoms with Gasteiger partial charge in [0.2, 0.25) is 0 Å². The molecular formula is C15H19F3N2O. The van der Waals surface area contributed by atoms with E-state index in [1.54, 1.807) is 0 Å². The van der Waals surface area contributed by atoms with Gasteiger partial charge in [0.1, 0.15) is 23.0 Å². The second-order valence-electron chi connectivity index (χ2n) is 5.32. The maximum absolute atomic E-state index is 13.5. The van der Waals surface area contributed by atoms with E-state index in [-0.39, 0.29) is 6.04 Å². The Kier molecular flexibility index (Phi) is 5.22. The molecule has 2 rings (SSSR count). The largest absolute Gasteiger partial charge is 0.349 e. The molecule has 0 saturated heterocycles. The highest BCUT2D eigenvalue weighted by Gasteiger charge is 2.25. The lowest BCUT2D eigenvalue weighted by Gasteiger charge is -2.29. The zero-order chi connectivity index (χ0) is 15.4. The van der Waals surface area contributed by atoms with Crippen molar-refractivity contribution in [2.24, 2.45) is 0 Å². The zero-order valence-corrected chi connectivity index (χ0v) is 11.9. The molecule has 1 aliphatic carbocycles. The molecule has 1 saturated carbocycles. The first-order valence-electron chi connectivity index (χ1n) is 7.20. The molecule has 0 atom stereocenters. The fourth-order valence-electron chi connectivity index (χ4n) is 2.75. The molecule has 0 aromatic heterocycles. The van der Waals surface area contributed by atoms with Crippen molar-refractivity contribution in [2.45, 2.75) is 44.7 Å². The van der Waals surface area contributed by atoms with Crippen LogP contribution in [0.1, 0.15) is 43.0 Å². The molecule has 0 radical (unpaired) electrons. The predicted molar refractivity (Wildman–Crippen MR) is 73.5 cm³/mol. The lowest BCUT2D eigenvalue weighted by Crippen LogP contribution is -2.42. The summed E-state index contributed by atoms with van der Waals surface area (Å²) in [6, 6.07) is 1.36. The Hall–Kier alpha value is -1.56. The normalized spacial score (nSPS) is 22.1. The van der Waals surface area contributed by atoms with Crippen LogP contribution < -0.4 is 10.6 Å². The molecule has 3 nitrogen and oxygen atoms in total. The smallest absolute Gasteiger partial charge is 0.257 e. The molecule has 0 unspecified atom stereocenters. The number of rotatable bonds is 4. The van der Waals surface area contributed by atoms with E-state index >= 15 is 0 Å². The van der Waals surface area contributed by atoms with Gasteiger partial charge in [-0.05, 0) is 32.2 Å². The van der Waals surface area contributed by atoms with Crippen molar-refractivity contribution in [1.82, 2.24) is 10.6 Å². The van der Waals surface area contributed by atoms with Crippen LogP contribution in [0.15, 0.2) is 12.1 Å². The molecule has 1 aromatic rings. The van der Waals surface area contributed by atoms with Crippen molar-refractivity contribution in [2.75, 3.05) is 6.54 Å². The van der Waals surface area contributed by atoms with Crippen LogP contribution in [0, 0.1) is 17.5 Å². The summed E-state index contributed by atoms with van der Waals surface area (Å²) in [5, 5.41) is 5.97.